The largest absolute Gasteiger partial charge is 0.324 e. The average molecular weight is 363 g/mol. The van der Waals surface area contributed by atoms with Gasteiger partial charge in [-0.3, -0.25) is 14.3 Å². The van der Waals surface area contributed by atoms with Crippen molar-refractivity contribution in [1.29, 1.82) is 0 Å². The monoisotopic (exact) mass is 363 g/mol. The van der Waals surface area contributed by atoms with Crippen molar-refractivity contribution in [3.8, 4) is 0 Å². The van der Waals surface area contributed by atoms with Crippen molar-refractivity contribution < 1.29 is 22.4 Å². The minimum atomic E-state index is -3.96. The molecule has 0 radical (unpaired) electrons. The Balaban J connectivity index is 1.95. The van der Waals surface area contributed by atoms with Crippen LogP contribution in [0.15, 0.2) is 41.3 Å². The molecule has 0 saturated carbocycles. The van der Waals surface area contributed by atoms with Gasteiger partial charge in [0.15, 0.2) is 0 Å². The van der Waals surface area contributed by atoms with Crippen LogP contribution in [0.1, 0.15) is 12.0 Å². The van der Waals surface area contributed by atoms with E-state index in [0.29, 0.717) is 11.3 Å². The lowest BCUT2D eigenvalue weighted by molar-refractivity contribution is -0.123. The van der Waals surface area contributed by atoms with Crippen LogP contribution in [0.2, 0.25) is 0 Å². The minimum Gasteiger partial charge on any atom is -0.324 e. The van der Waals surface area contributed by atoms with Gasteiger partial charge in [-0.2, -0.15) is 0 Å². The van der Waals surface area contributed by atoms with E-state index in [-0.39, 0.29) is 22.7 Å². The molecule has 1 heterocycles. The number of benzene rings is 2. The van der Waals surface area contributed by atoms with Crippen molar-refractivity contribution >= 4 is 38.9 Å². The van der Waals surface area contributed by atoms with Crippen molar-refractivity contribution in [1.82, 2.24) is 0 Å². The molecule has 0 spiro atoms. The Morgan fingerprint density at radius 2 is 1.68 bits per heavy atom. The van der Waals surface area contributed by atoms with Gasteiger partial charge in [0.05, 0.1) is 22.0 Å². The highest BCUT2D eigenvalue weighted by Crippen LogP contribution is 2.29. The maximum Gasteiger partial charge on any atom is 0.261 e. The van der Waals surface area contributed by atoms with E-state index in [9.17, 15) is 22.4 Å². The van der Waals surface area contributed by atoms with Gasteiger partial charge >= 0.3 is 0 Å². The van der Waals surface area contributed by atoms with Crippen molar-refractivity contribution in [2.75, 3.05) is 15.4 Å². The number of anilines is 3. The number of rotatable bonds is 3. The highest BCUT2D eigenvalue weighted by Gasteiger charge is 2.22. The lowest BCUT2D eigenvalue weighted by Gasteiger charge is -2.13. The Labute approximate surface area is 143 Å². The zero-order chi connectivity index (χ0) is 18.2. The van der Waals surface area contributed by atoms with Gasteiger partial charge in [-0.05, 0) is 48.9 Å². The maximum absolute atomic E-state index is 13.1. The standard InChI is InChI=1S/C16H14FN3O4S/c1-9-6-10(17)2-4-12(9)20-25(23,24)11-3-5-13-14(7-11)19-16(22)8-15(21)18-13/h2-7,20H,8H2,1H3,(H,18,21)(H,19,22). The Morgan fingerprint density at radius 3 is 2.36 bits per heavy atom. The second-order valence-electron chi connectivity index (χ2n) is 5.55. The molecular formula is C16H14FN3O4S. The SMILES string of the molecule is Cc1cc(F)ccc1NS(=O)(=O)c1ccc2c(c1)NC(=O)CC(=O)N2. The molecule has 0 unspecified atom stereocenters. The first-order valence-corrected chi connectivity index (χ1v) is 8.76. The molecule has 7 nitrogen and oxygen atoms in total. The zero-order valence-electron chi connectivity index (χ0n) is 13.1. The fourth-order valence-corrected chi connectivity index (χ4v) is 3.54. The van der Waals surface area contributed by atoms with E-state index >= 15 is 0 Å². The molecular weight excluding hydrogens is 349 g/mol. The third kappa shape index (κ3) is 3.61. The number of nitrogens with one attached hydrogen (secondary N) is 3. The lowest BCUT2D eigenvalue weighted by atomic mass is 10.2. The second-order valence-corrected chi connectivity index (χ2v) is 7.23. The first-order valence-electron chi connectivity index (χ1n) is 7.27. The summed E-state index contributed by atoms with van der Waals surface area (Å²) < 4.78 is 40.6. The van der Waals surface area contributed by atoms with E-state index in [2.05, 4.69) is 15.4 Å². The number of aryl methyl sites for hydroxylation is 1. The molecule has 3 N–H and O–H groups in total. The predicted octanol–water partition coefficient (Wildman–Crippen LogP) is 2.22. The summed E-state index contributed by atoms with van der Waals surface area (Å²) in [6.07, 6.45) is -0.343. The summed E-state index contributed by atoms with van der Waals surface area (Å²) in [5, 5.41) is 5.00. The van der Waals surface area contributed by atoms with Crippen LogP contribution in [0.25, 0.3) is 0 Å². The fourth-order valence-electron chi connectivity index (χ4n) is 2.38. The summed E-state index contributed by atoms with van der Waals surface area (Å²) >= 11 is 0. The normalized spacial score (nSPS) is 14.2. The first-order chi connectivity index (χ1) is 11.7. The van der Waals surface area contributed by atoms with E-state index in [1.165, 1.54) is 30.3 Å². The Kier molecular flexibility index (Phi) is 4.17. The van der Waals surface area contributed by atoms with Crippen LogP contribution in [-0.2, 0) is 19.6 Å². The highest BCUT2D eigenvalue weighted by molar-refractivity contribution is 7.92. The van der Waals surface area contributed by atoms with Crippen LogP contribution in [-0.4, -0.2) is 20.2 Å². The molecule has 130 valence electrons. The summed E-state index contributed by atoms with van der Waals surface area (Å²) in [4.78, 5) is 23.0. The number of hydrogen-bond donors (Lipinski definition) is 3. The maximum atomic E-state index is 13.1. The summed E-state index contributed by atoms with van der Waals surface area (Å²) in [7, 11) is -3.96. The first kappa shape index (κ1) is 16.9. The van der Waals surface area contributed by atoms with E-state index in [4.69, 9.17) is 0 Å². The van der Waals surface area contributed by atoms with Crippen molar-refractivity contribution in [3.63, 3.8) is 0 Å². The van der Waals surface area contributed by atoms with Gasteiger partial charge < -0.3 is 10.6 Å². The van der Waals surface area contributed by atoms with Crippen LogP contribution in [0, 0.1) is 12.7 Å². The average Bonchev–Trinajstić information content (AvgIpc) is 2.65. The number of hydrogen-bond acceptors (Lipinski definition) is 4. The molecule has 0 fully saturated rings. The highest BCUT2D eigenvalue weighted by atomic mass is 32.2. The second kappa shape index (κ2) is 6.17. The summed E-state index contributed by atoms with van der Waals surface area (Å²) in [6.45, 7) is 1.58. The minimum absolute atomic E-state index is 0.105. The molecule has 0 saturated heterocycles. The fraction of sp³-hybridized carbons (Fsp3) is 0.125. The van der Waals surface area contributed by atoms with E-state index in [1.54, 1.807) is 6.92 Å². The summed E-state index contributed by atoms with van der Waals surface area (Å²) in [6, 6.07) is 7.64. The zero-order valence-corrected chi connectivity index (χ0v) is 13.9. The van der Waals surface area contributed by atoms with E-state index in [0.717, 1.165) is 6.07 Å². The number of sulfonamides is 1. The quantitative estimate of drug-likeness (QED) is 0.727. The molecule has 0 atom stereocenters. The van der Waals surface area contributed by atoms with Gasteiger partial charge in [-0.1, -0.05) is 0 Å². The molecule has 2 aromatic carbocycles. The Bertz CT molecular complexity index is 989. The smallest absolute Gasteiger partial charge is 0.261 e. The van der Waals surface area contributed by atoms with Crippen molar-refractivity contribution in [3.05, 3.63) is 47.8 Å². The summed E-state index contributed by atoms with van der Waals surface area (Å²) in [5.41, 5.74) is 1.18. The topological polar surface area (TPSA) is 104 Å². The molecule has 1 aliphatic heterocycles. The molecule has 9 heteroatoms. The number of carbonyl (C=O) groups excluding carboxylic acids is 2. The number of halogens is 1. The molecule has 0 aliphatic carbocycles. The molecule has 2 amide bonds. The van der Waals surface area contributed by atoms with Gasteiger partial charge in [0.1, 0.15) is 12.2 Å². The lowest BCUT2D eigenvalue weighted by Crippen LogP contribution is -2.16. The molecule has 25 heavy (non-hydrogen) atoms. The number of carbonyl (C=O) groups is 2. The molecule has 3 rings (SSSR count). The molecule has 2 aromatic rings. The Hall–Kier alpha value is -2.94. The van der Waals surface area contributed by atoms with Gasteiger partial charge in [-0.25, -0.2) is 12.8 Å². The van der Waals surface area contributed by atoms with Gasteiger partial charge in [0.25, 0.3) is 10.0 Å². The van der Waals surface area contributed by atoms with Crippen LogP contribution in [0.4, 0.5) is 21.5 Å². The van der Waals surface area contributed by atoms with Crippen LogP contribution >= 0.6 is 0 Å². The Morgan fingerprint density at radius 1 is 1.00 bits per heavy atom. The summed E-state index contributed by atoms with van der Waals surface area (Å²) in [5.74, 6) is -1.48. The van der Waals surface area contributed by atoms with Crippen LogP contribution in [0.3, 0.4) is 0 Å². The molecule has 0 bridgehead atoms. The van der Waals surface area contributed by atoms with Crippen molar-refractivity contribution in [2.24, 2.45) is 0 Å². The van der Waals surface area contributed by atoms with Gasteiger partial charge in [0.2, 0.25) is 11.8 Å². The van der Waals surface area contributed by atoms with Crippen molar-refractivity contribution in [2.45, 2.75) is 18.2 Å². The van der Waals surface area contributed by atoms with E-state index in [1.807, 2.05) is 0 Å². The predicted molar refractivity (Wildman–Crippen MR) is 90.3 cm³/mol. The number of fused-ring (bicyclic) bond motifs is 1. The molecule has 0 aromatic heterocycles. The van der Waals surface area contributed by atoms with Crippen LogP contribution in [0.5, 0.6) is 0 Å². The molecule has 1 aliphatic rings. The van der Waals surface area contributed by atoms with Crippen LogP contribution < -0.4 is 15.4 Å². The third-order valence-electron chi connectivity index (χ3n) is 3.60. The van der Waals surface area contributed by atoms with E-state index < -0.39 is 27.7 Å². The van der Waals surface area contributed by atoms with Gasteiger partial charge in [-0.15, -0.1) is 0 Å². The number of amides is 2. The van der Waals surface area contributed by atoms with Gasteiger partial charge in [0, 0.05) is 0 Å². The third-order valence-corrected chi connectivity index (χ3v) is 4.97.